The van der Waals surface area contributed by atoms with Crippen LogP contribution in [0.25, 0.3) is 0 Å². The number of methoxy groups -OCH3 is 13. The molecule has 0 radical (unpaired) electrons. The van der Waals surface area contributed by atoms with Crippen LogP contribution in [0.4, 0.5) is 0 Å². The fraction of sp³-hybridized carbons (Fsp3) is 0.391. The number of esters is 3. The number of carbonyl (C=O) groups is 3. The number of carbonyl (C=O) groups excluding carboxylic acids is 3. The summed E-state index contributed by atoms with van der Waals surface area (Å²) < 4.78 is 119. The molecule has 458 valence electrons. The minimum Gasteiger partial charge on any atom is -0.497 e. The zero-order valence-corrected chi connectivity index (χ0v) is 50.7. The molecule has 22 nitrogen and oxygen atoms in total. The van der Waals surface area contributed by atoms with Crippen LogP contribution in [0.3, 0.4) is 0 Å². The number of ether oxygens (including phenoxy) is 19. The summed E-state index contributed by atoms with van der Waals surface area (Å²) in [6.07, 6.45) is -7.27. The number of hydrogen-bond donors (Lipinski definition) is 0. The van der Waals surface area contributed by atoms with Gasteiger partial charge >= 0.3 is 17.9 Å². The highest BCUT2D eigenvalue weighted by molar-refractivity contribution is 5.74. The third kappa shape index (κ3) is 11.1. The van der Waals surface area contributed by atoms with E-state index in [1.54, 1.807) is 72.8 Å². The van der Waals surface area contributed by atoms with Crippen LogP contribution in [0, 0.1) is 0 Å². The molecule has 0 amide bonds. The highest BCUT2D eigenvalue weighted by atomic mass is 16.6. The smallest absolute Gasteiger partial charge is 0.303 e. The molecule has 0 saturated carbocycles. The van der Waals surface area contributed by atoms with Crippen molar-refractivity contribution in [3.8, 4) is 92.0 Å². The van der Waals surface area contributed by atoms with E-state index in [-0.39, 0.29) is 58.2 Å². The maximum Gasteiger partial charge on any atom is 0.303 e. The van der Waals surface area contributed by atoms with Crippen molar-refractivity contribution in [2.45, 2.75) is 75.7 Å². The van der Waals surface area contributed by atoms with Gasteiger partial charge in [-0.2, -0.15) is 0 Å². The van der Waals surface area contributed by atoms with Crippen molar-refractivity contribution in [3.63, 3.8) is 0 Å². The summed E-state index contributed by atoms with van der Waals surface area (Å²) in [7, 11) is 19.4. The third-order valence-electron chi connectivity index (χ3n) is 15.4. The second-order valence-corrected chi connectivity index (χ2v) is 20.0. The van der Waals surface area contributed by atoms with E-state index in [4.69, 9.17) is 90.0 Å². The quantitative estimate of drug-likeness (QED) is 0.0482. The average molecular weight is 1190 g/mol. The van der Waals surface area contributed by atoms with Crippen molar-refractivity contribution in [2.75, 3.05) is 92.4 Å². The van der Waals surface area contributed by atoms with Gasteiger partial charge in [-0.1, -0.05) is 12.1 Å². The Morgan fingerprint density at radius 3 is 1.05 bits per heavy atom. The highest BCUT2D eigenvalue weighted by Gasteiger charge is 2.53. The Kier molecular flexibility index (Phi) is 18.3. The normalized spacial score (nSPS) is 19.8. The van der Waals surface area contributed by atoms with Crippen molar-refractivity contribution in [2.24, 2.45) is 0 Å². The SMILES string of the molecule is COc1ccc2c(c1)O[C@H](c1cc(OC)c(OC)c(OC)c1)[C@@H](OC(C)=O)[C@@H]2c1c(OC)c2c(c([C@@H]3c4ccc(OC)cc4O[C@H](c4cc(OC)c(OC)c(OC)c4)[C@H]3OC(C)=O)c1OC)O[C@H](c1cc(OC)c(OC)c(OC)c1)[C@@H](OC(C)=O)C2. The van der Waals surface area contributed by atoms with Gasteiger partial charge in [-0.15, -0.1) is 0 Å². The Morgan fingerprint density at radius 1 is 0.372 bits per heavy atom. The van der Waals surface area contributed by atoms with Gasteiger partial charge < -0.3 is 90.0 Å². The van der Waals surface area contributed by atoms with Crippen LogP contribution in [-0.4, -0.2) is 129 Å². The Labute approximate surface area is 498 Å². The average Bonchev–Trinajstić information content (AvgIpc) is 0.726. The predicted molar refractivity (Wildman–Crippen MR) is 308 cm³/mol. The number of hydrogen-bond acceptors (Lipinski definition) is 22. The molecule has 0 bridgehead atoms. The lowest BCUT2D eigenvalue weighted by Gasteiger charge is -2.44. The molecule has 22 heteroatoms. The minimum atomic E-state index is -1.31. The van der Waals surface area contributed by atoms with Gasteiger partial charge in [-0.05, 0) is 48.5 Å². The summed E-state index contributed by atoms with van der Waals surface area (Å²) in [5.74, 6) is 0.363. The molecule has 0 aliphatic carbocycles. The van der Waals surface area contributed by atoms with E-state index in [1.165, 1.54) is 113 Å². The lowest BCUT2D eigenvalue weighted by Crippen LogP contribution is -2.41. The lowest BCUT2D eigenvalue weighted by atomic mass is 9.73. The fourth-order valence-electron chi connectivity index (χ4n) is 11.9. The van der Waals surface area contributed by atoms with Gasteiger partial charge in [0.15, 0.2) is 65.0 Å². The fourth-order valence-corrected chi connectivity index (χ4v) is 11.9. The maximum atomic E-state index is 14.0. The summed E-state index contributed by atoms with van der Waals surface area (Å²) in [6, 6.07) is 20.8. The number of fused-ring (bicyclic) bond motifs is 3. The molecule has 86 heavy (non-hydrogen) atoms. The highest BCUT2D eigenvalue weighted by Crippen LogP contribution is 2.63. The second kappa shape index (κ2) is 25.8. The van der Waals surface area contributed by atoms with E-state index in [0.717, 1.165) is 0 Å². The van der Waals surface area contributed by atoms with Gasteiger partial charge in [0.05, 0.1) is 104 Å². The third-order valence-corrected chi connectivity index (χ3v) is 15.4. The van der Waals surface area contributed by atoms with Crippen molar-refractivity contribution >= 4 is 17.9 Å². The lowest BCUT2D eigenvalue weighted by molar-refractivity contribution is -0.154. The molecule has 0 aromatic heterocycles. The molecule has 6 aromatic rings. The molecule has 3 aliphatic heterocycles. The van der Waals surface area contributed by atoms with Crippen LogP contribution >= 0.6 is 0 Å². The molecule has 0 spiro atoms. The Bertz CT molecular complexity index is 3450. The van der Waals surface area contributed by atoms with Crippen molar-refractivity contribution in [1.82, 2.24) is 0 Å². The van der Waals surface area contributed by atoms with Crippen LogP contribution in [0.15, 0.2) is 72.8 Å². The van der Waals surface area contributed by atoms with Gasteiger partial charge in [-0.25, -0.2) is 0 Å². The van der Waals surface area contributed by atoms with E-state index in [9.17, 15) is 14.4 Å². The summed E-state index contributed by atoms with van der Waals surface area (Å²) in [6.45, 7) is 3.88. The van der Waals surface area contributed by atoms with Gasteiger partial charge in [0.2, 0.25) is 17.2 Å². The van der Waals surface area contributed by atoms with Crippen LogP contribution in [-0.2, 0) is 35.0 Å². The molecule has 0 unspecified atom stereocenters. The van der Waals surface area contributed by atoms with Crippen LogP contribution in [0.1, 0.15) is 95.4 Å². The van der Waals surface area contributed by atoms with Crippen LogP contribution < -0.4 is 75.8 Å². The molecular formula is C64H70O22. The van der Waals surface area contributed by atoms with Crippen LogP contribution in [0.5, 0.6) is 92.0 Å². The largest absolute Gasteiger partial charge is 0.497 e. The molecule has 9 rings (SSSR count). The molecule has 3 heterocycles. The standard InChI is InChI=1S/C64H70O22/c1-30(65)81-49-29-40-57(76-12)52(50-38-19-17-36(68-4)27-41(38)84-55(63(50)82-31(2)66)34-23-45(72-8)60(78-14)46(24-34)73-9)62(80-16)53(58(40)86-54(49)33-21-43(70-6)59(77-13)44(22-33)71-7)51-39-20-18-37(69-5)28-42(39)85-56(64(51)83-32(3)67)35-25-47(74-10)61(79-15)48(26-35)75-11/h17-28,49-51,54-56,63-64H,29H2,1-16H3/t49-,50-,51-,54+,55+,56+,63-,64-/m0/s1. The first-order valence-corrected chi connectivity index (χ1v) is 27.1. The molecule has 0 N–H and O–H groups in total. The monoisotopic (exact) mass is 1190 g/mol. The Morgan fingerprint density at radius 2 is 0.721 bits per heavy atom. The molecule has 0 saturated heterocycles. The second-order valence-electron chi connectivity index (χ2n) is 20.0. The van der Waals surface area contributed by atoms with Crippen molar-refractivity contribution < 1.29 is 104 Å². The van der Waals surface area contributed by atoms with E-state index in [0.29, 0.717) is 84.8 Å². The molecule has 6 aromatic carbocycles. The van der Waals surface area contributed by atoms with Gasteiger partial charge in [0.25, 0.3) is 0 Å². The summed E-state index contributed by atoms with van der Waals surface area (Å²) in [5.41, 5.74) is 3.28. The van der Waals surface area contributed by atoms with E-state index in [2.05, 4.69) is 0 Å². The summed E-state index contributed by atoms with van der Waals surface area (Å²) >= 11 is 0. The van der Waals surface area contributed by atoms with Crippen LogP contribution in [0.2, 0.25) is 0 Å². The maximum absolute atomic E-state index is 14.0. The zero-order valence-electron chi connectivity index (χ0n) is 50.7. The minimum absolute atomic E-state index is 0.0934. The van der Waals surface area contributed by atoms with E-state index >= 15 is 0 Å². The molecule has 0 fully saturated rings. The Balaban J connectivity index is 1.47. The first-order valence-electron chi connectivity index (χ1n) is 27.1. The Hall–Kier alpha value is -9.47. The number of rotatable bonds is 21. The van der Waals surface area contributed by atoms with Crippen molar-refractivity contribution in [3.05, 3.63) is 117 Å². The van der Waals surface area contributed by atoms with Crippen molar-refractivity contribution in [1.29, 1.82) is 0 Å². The van der Waals surface area contributed by atoms with Gasteiger partial charge in [0, 0.05) is 83.8 Å². The van der Waals surface area contributed by atoms with E-state index < -0.39 is 66.4 Å². The van der Waals surface area contributed by atoms with Gasteiger partial charge in [0.1, 0.15) is 46.4 Å². The van der Waals surface area contributed by atoms with Gasteiger partial charge in [-0.3, -0.25) is 14.4 Å². The number of benzene rings is 6. The summed E-state index contributed by atoms with van der Waals surface area (Å²) in [5, 5.41) is 0. The first-order chi connectivity index (χ1) is 41.5. The first kappa shape index (κ1) is 61.1. The topological polar surface area (TPSA) is 227 Å². The van der Waals surface area contributed by atoms with E-state index in [1.807, 2.05) is 0 Å². The molecular weight excluding hydrogens is 1120 g/mol. The molecule has 3 aliphatic rings. The predicted octanol–water partition coefficient (Wildman–Crippen LogP) is 9.80. The summed E-state index contributed by atoms with van der Waals surface area (Å²) in [4.78, 5) is 41.5. The zero-order chi connectivity index (χ0) is 61.8. The molecule has 8 atom stereocenters.